The predicted molar refractivity (Wildman–Crippen MR) is 98.3 cm³/mol. The molecule has 4 heteroatoms. The summed E-state index contributed by atoms with van der Waals surface area (Å²) in [5, 5.41) is 2.98. The Kier molecular flexibility index (Phi) is 5.14. The Bertz CT molecular complexity index is 738. The molecule has 126 valence electrons. The summed E-state index contributed by atoms with van der Waals surface area (Å²) >= 11 is 0. The van der Waals surface area contributed by atoms with E-state index >= 15 is 0 Å². The number of benzene rings is 2. The number of carbonyl (C=O) groups excluding carboxylic acids is 1. The van der Waals surface area contributed by atoms with E-state index in [1.54, 1.807) is 0 Å². The van der Waals surface area contributed by atoms with Crippen molar-refractivity contribution in [2.75, 3.05) is 12.3 Å². The molecule has 2 aromatic rings. The van der Waals surface area contributed by atoms with Gasteiger partial charge in [-0.2, -0.15) is 0 Å². The van der Waals surface area contributed by atoms with Crippen LogP contribution < -0.4 is 5.32 Å². The molecule has 24 heavy (non-hydrogen) atoms. The fourth-order valence-corrected chi connectivity index (χ4v) is 4.14. The van der Waals surface area contributed by atoms with Crippen LogP contribution in [-0.2, 0) is 26.8 Å². The van der Waals surface area contributed by atoms with Crippen LogP contribution in [0.15, 0.2) is 54.6 Å². The Morgan fingerprint density at radius 3 is 2.42 bits per heavy atom. The molecule has 0 aliphatic heterocycles. The quantitative estimate of drug-likeness (QED) is 0.841. The summed E-state index contributed by atoms with van der Waals surface area (Å²) in [6.07, 6.45) is 2.20. The molecule has 0 aromatic heterocycles. The summed E-state index contributed by atoms with van der Waals surface area (Å²) in [4.78, 5) is 12.1. The molecular formula is C20H23NO2S. The van der Waals surface area contributed by atoms with Crippen LogP contribution in [0.4, 0.5) is 0 Å². The van der Waals surface area contributed by atoms with E-state index in [0.29, 0.717) is 12.3 Å². The van der Waals surface area contributed by atoms with Crippen LogP contribution in [0, 0.1) is 6.92 Å². The van der Waals surface area contributed by atoms with Crippen LogP contribution in [0.2, 0.25) is 0 Å². The Morgan fingerprint density at radius 2 is 1.75 bits per heavy atom. The van der Waals surface area contributed by atoms with Gasteiger partial charge in [0.25, 0.3) is 0 Å². The predicted octanol–water partition coefficient (Wildman–Crippen LogP) is 3.09. The lowest BCUT2D eigenvalue weighted by Gasteiger charge is -2.16. The summed E-state index contributed by atoms with van der Waals surface area (Å²) in [6.45, 7) is 2.64. The first kappa shape index (κ1) is 16.9. The van der Waals surface area contributed by atoms with Crippen molar-refractivity contribution in [2.24, 2.45) is 0 Å². The first-order valence-electron chi connectivity index (χ1n) is 8.31. The normalized spacial score (nSPS) is 16.4. The molecule has 1 atom stereocenters. The first-order valence-corrected chi connectivity index (χ1v) is 9.80. The van der Waals surface area contributed by atoms with Gasteiger partial charge < -0.3 is 5.32 Å². The van der Waals surface area contributed by atoms with E-state index in [2.05, 4.69) is 17.4 Å². The van der Waals surface area contributed by atoms with Crippen molar-refractivity contribution in [3.05, 3.63) is 71.3 Å². The molecule has 1 aliphatic rings. The van der Waals surface area contributed by atoms with Crippen LogP contribution in [0.3, 0.4) is 0 Å². The molecule has 1 aliphatic carbocycles. The SMILES string of the molecule is Cc1ccccc1C[S@@](=O)CC(=O)NCC1(c2ccccc2)CC1. The van der Waals surface area contributed by atoms with Crippen molar-refractivity contribution in [3.63, 3.8) is 0 Å². The maximum absolute atomic E-state index is 12.2. The zero-order valence-electron chi connectivity index (χ0n) is 14.0. The fraction of sp³-hybridized carbons (Fsp3) is 0.350. The minimum atomic E-state index is -1.18. The fourth-order valence-electron chi connectivity index (χ4n) is 2.97. The van der Waals surface area contributed by atoms with Crippen molar-refractivity contribution in [1.82, 2.24) is 5.32 Å². The second kappa shape index (κ2) is 7.31. The second-order valence-electron chi connectivity index (χ2n) is 6.58. The summed E-state index contributed by atoms with van der Waals surface area (Å²) in [5.74, 6) is 0.382. The molecule has 0 saturated heterocycles. The van der Waals surface area contributed by atoms with Crippen LogP contribution in [0.1, 0.15) is 29.5 Å². The van der Waals surface area contributed by atoms with Gasteiger partial charge in [0.1, 0.15) is 5.75 Å². The van der Waals surface area contributed by atoms with Gasteiger partial charge in [0.2, 0.25) is 5.91 Å². The second-order valence-corrected chi connectivity index (χ2v) is 8.04. The zero-order chi connectivity index (χ0) is 17.0. The number of hydrogen-bond donors (Lipinski definition) is 1. The molecule has 0 unspecified atom stereocenters. The van der Waals surface area contributed by atoms with Crippen LogP contribution in [-0.4, -0.2) is 22.4 Å². The largest absolute Gasteiger partial charge is 0.354 e. The Morgan fingerprint density at radius 1 is 1.08 bits per heavy atom. The van der Waals surface area contributed by atoms with E-state index in [1.807, 2.05) is 49.4 Å². The highest BCUT2D eigenvalue weighted by Crippen LogP contribution is 2.47. The van der Waals surface area contributed by atoms with Crippen LogP contribution >= 0.6 is 0 Å². The van der Waals surface area contributed by atoms with E-state index in [4.69, 9.17) is 0 Å². The van der Waals surface area contributed by atoms with Crippen molar-refractivity contribution in [1.29, 1.82) is 0 Å². The molecule has 1 fully saturated rings. The van der Waals surface area contributed by atoms with E-state index in [-0.39, 0.29) is 17.1 Å². The van der Waals surface area contributed by atoms with Gasteiger partial charge in [-0.25, -0.2) is 0 Å². The van der Waals surface area contributed by atoms with E-state index in [9.17, 15) is 9.00 Å². The van der Waals surface area contributed by atoms with E-state index in [0.717, 1.165) is 24.0 Å². The van der Waals surface area contributed by atoms with Gasteiger partial charge in [0, 0.05) is 28.5 Å². The maximum atomic E-state index is 12.2. The molecule has 0 spiro atoms. The van der Waals surface area contributed by atoms with Gasteiger partial charge in [0.15, 0.2) is 0 Å². The summed E-state index contributed by atoms with van der Waals surface area (Å²) in [7, 11) is -1.18. The van der Waals surface area contributed by atoms with Gasteiger partial charge in [-0.3, -0.25) is 9.00 Å². The smallest absolute Gasteiger partial charge is 0.232 e. The Labute approximate surface area is 145 Å². The van der Waals surface area contributed by atoms with Gasteiger partial charge in [0.05, 0.1) is 0 Å². The average Bonchev–Trinajstić information content (AvgIpc) is 3.37. The van der Waals surface area contributed by atoms with Gasteiger partial charge in [-0.1, -0.05) is 54.6 Å². The van der Waals surface area contributed by atoms with Crippen molar-refractivity contribution in [3.8, 4) is 0 Å². The minimum absolute atomic E-state index is 0.0687. The topological polar surface area (TPSA) is 46.2 Å². The number of carbonyl (C=O) groups is 1. The van der Waals surface area contributed by atoms with Gasteiger partial charge >= 0.3 is 0 Å². The highest BCUT2D eigenvalue weighted by Gasteiger charge is 2.44. The zero-order valence-corrected chi connectivity index (χ0v) is 14.8. The number of hydrogen-bond acceptors (Lipinski definition) is 2. The monoisotopic (exact) mass is 341 g/mol. The molecule has 0 heterocycles. The first-order chi connectivity index (χ1) is 11.6. The standard InChI is InChI=1S/C20H23NO2S/c1-16-7-5-6-8-17(16)13-24(23)14-19(22)21-15-20(11-12-20)18-9-3-2-4-10-18/h2-10H,11-15H2,1H3,(H,21,22)/t24-/m1/s1. The highest BCUT2D eigenvalue weighted by atomic mass is 32.2. The summed E-state index contributed by atoms with van der Waals surface area (Å²) < 4.78 is 12.2. The third kappa shape index (κ3) is 4.12. The summed E-state index contributed by atoms with van der Waals surface area (Å²) in [5.41, 5.74) is 3.54. The molecule has 1 N–H and O–H groups in total. The number of amides is 1. The maximum Gasteiger partial charge on any atom is 0.232 e. The van der Waals surface area contributed by atoms with Gasteiger partial charge in [-0.15, -0.1) is 0 Å². The lowest BCUT2D eigenvalue weighted by Crippen LogP contribution is -2.35. The van der Waals surface area contributed by atoms with Crippen molar-refractivity contribution < 1.29 is 9.00 Å². The lowest BCUT2D eigenvalue weighted by atomic mass is 9.96. The molecule has 0 bridgehead atoms. The van der Waals surface area contributed by atoms with Crippen LogP contribution in [0.25, 0.3) is 0 Å². The number of rotatable bonds is 7. The molecule has 3 nitrogen and oxygen atoms in total. The molecule has 3 rings (SSSR count). The lowest BCUT2D eigenvalue weighted by molar-refractivity contribution is -0.118. The van der Waals surface area contributed by atoms with E-state index < -0.39 is 10.8 Å². The van der Waals surface area contributed by atoms with Gasteiger partial charge in [-0.05, 0) is 36.5 Å². The Hall–Kier alpha value is -1.94. The molecular weight excluding hydrogens is 318 g/mol. The molecule has 1 amide bonds. The molecule has 2 aromatic carbocycles. The van der Waals surface area contributed by atoms with Crippen molar-refractivity contribution in [2.45, 2.75) is 30.9 Å². The number of aryl methyl sites for hydroxylation is 1. The van der Waals surface area contributed by atoms with Crippen molar-refractivity contribution >= 4 is 16.7 Å². The minimum Gasteiger partial charge on any atom is -0.354 e. The Balaban J connectivity index is 1.50. The summed E-state index contributed by atoms with van der Waals surface area (Å²) in [6, 6.07) is 18.2. The number of nitrogens with one attached hydrogen (secondary N) is 1. The molecule has 1 saturated carbocycles. The average molecular weight is 341 g/mol. The van der Waals surface area contributed by atoms with Crippen LogP contribution in [0.5, 0.6) is 0 Å². The third-order valence-electron chi connectivity index (χ3n) is 4.73. The highest BCUT2D eigenvalue weighted by molar-refractivity contribution is 7.84. The van der Waals surface area contributed by atoms with E-state index in [1.165, 1.54) is 5.56 Å². The third-order valence-corrected chi connectivity index (χ3v) is 5.95. The molecule has 0 radical (unpaired) electrons.